The van der Waals surface area contributed by atoms with Crippen LogP contribution >= 0.6 is 0 Å². The third kappa shape index (κ3) is 6.62. The normalized spacial score (nSPS) is 14.6. The predicted molar refractivity (Wildman–Crippen MR) is 70.2 cm³/mol. The van der Waals surface area contributed by atoms with Gasteiger partial charge in [-0.3, -0.25) is 9.59 Å². The van der Waals surface area contributed by atoms with E-state index in [1.165, 1.54) is 0 Å². The van der Waals surface area contributed by atoms with Crippen LogP contribution in [-0.2, 0) is 14.3 Å². The van der Waals surface area contributed by atoms with E-state index in [9.17, 15) is 9.59 Å². The van der Waals surface area contributed by atoms with Gasteiger partial charge < -0.3 is 9.84 Å². The molecule has 18 heavy (non-hydrogen) atoms. The number of hydrogen-bond acceptors (Lipinski definition) is 3. The Balaban J connectivity index is 4.62. The molecule has 106 valence electrons. The molecular weight excluding hydrogens is 232 g/mol. The van der Waals surface area contributed by atoms with Crippen molar-refractivity contribution >= 4 is 11.9 Å². The summed E-state index contributed by atoms with van der Waals surface area (Å²) < 4.78 is 5.27. The fourth-order valence-electron chi connectivity index (χ4n) is 1.99. The van der Waals surface area contributed by atoms with Gasteiger partial charge in [0.1, 0.15) is 0 Å². The fourth-order valence-corrected chi connectivity index (χ4v) is 1.99. The molecule has 0 aromatic rings. The van der Waals surface area contributed by atoms with Gasteiger partial charge in [0.25, 0.3) is 0 Å². The highest BCUT2D eigenvalue weighted by Crippen LogP contribution is 2.33. The van der Waals surface area contributed by atoms with Crippen LogP contribution in [0, 0.1) is 17.3 Å². The highest BCUT2D eigenvalue weighted by molar-refractivity contribution is 5.77. The third-order valence-electron chi connectivity index (χ3n) is 2.79. The van der Waals surface area contributed by atoms with Gasteiger partial charge in [0.05, 0.1) is 12.0 Å². The van der Waals surface area contributed by atoms with Gasteiger partial charge in [-0.1, -0.05) is 27.7 Å². The summed E-state index contributed by atoms with van der Waals surface area (Å²) in [6.07, 6.45) is 0.981. The molecule has 4 nitrogen and oxygen atoms in total. The second kappa shape index (κ2) is 7.39. The molecule has 0 heterocycles. The van der Waals surface area contributed by atoms with Crippen molar-refractivity contribution in [1.29, 1.82) is 0 Å². The molecule has 0 rings (SSSR count). The Labute approximate surface area is 110 Å². The minimum Gasteiger partial charge on any atom is -0.481 e. The molecule has 0 aromatic heterocycles. The number of carboxylic acids is 1. The van der Waals surface area contributed by atoms with E-state index < -0.39 is 11.4 Å². The number of carbonyl (C=O) groups excluding carboxylic acids is 1. The van der Waals surface area contributed by atoms with E-state index >= 15 is 0 Å². The van der Waals surface area contributed by atoms with Crippen molar-refractivity contribution in [2.45, 2.75) is 53.9 Å². The van der Waals surface area contributed by atoms with E-state index in [2.05, 4.69) is 0 Å². The lowest BCUT2D eigenvalue weighted by Gasteiger charge is -2.29. The van der Waals surface area contributed by atoms with Crippen LogP contribution in [0.1, 0.15) is 53.9 Å². The molecule has 0 fully saturated rings. The summed E-state index contributed by atoms with van der Waals surface area (Å²) in [7, 11) is 0. The van der Waals surface area contributed by atoms with Crippen molar-refractivity contribution in [3.05, 3.63) is 0 Å². The highest BCUT2D eigenvalue weighted by Gasteiger charge is 2.35. The summed E-state index contributed by atoms with van der Waals surface area (Å²) in [6.45, 7) is 10.2. The van der Waals surface area contributed by atoms with Gasteiger partial charge >= 0.3 is 11.9 Å². The third-order valence-corrected chi connectivity index (χ3v) is 2.79. The largest absolute Gasteiger partial charge is 0.481 e. The second-order valence-corrected chi connectivity index (χ2v) is 6.04. The number of carboxylic acid groups (broad SMARTS) is 1. The van der Waals surface area contributed by atoms with Crippen LogP contribution in [0.3, 0.4) is 0 Å². The number of rotatable bonds is 8. The first-order chi connectivity index (χ1) is 8.17. The summed E-state index contributed by atoms with van der Waals surface area (Å²) in [4.78, 5) is 22.8. The van der Waals surface area contributed by atoms with E-state index in [-0.39, 0.29) is 18.3 Å². The molecule has 4 heteroatoms. The van der Waals surface area contributed by atoms with Crippen molar-refractivity contribution in [3.63, 3.8) is 0 Å². The van der Waals surface area contributed by atoms with E-state index in [0.29, 0.717) is 25.4 Å². The van der Waals surface area contributed by atoms with Crippen LogP contribution in [0.15, 0.2) is 0 Å². The zero-order valence-electron chi connectivity index (χ0n) is 12.2. The lowest BCUT2D eigenvalue weighted by atomic mass is 9.78. The zero-order valence-corrected chi connectivity index (χ0v) is 12.2. The number of hydrogen-bond donors (Lipinski definition) is 1. The molecular formula is C14H26O4. The maximum absolute atomic E-state index is 12.1. The first-order valence-corrected chi connectivity index (χ1v) is 6.56. The topological polar surface area (TPSA) is 63.6 Å². The Morgan fingerprint density at radius 3 is 2.11 bits per heavy atom. The molecule has 1 N–H and O–H groups in total. The summed E-state index contributed by atoms with van der Waals surface area (Å²) in [5.74, 6) is -0.528. The van der Waals surface area contributed by atoms with Crippen molar-refractivity contribution in [3.8, 4) is 0 Å². The van der Waals surface area contributed by atoms with E-state index in [1.54, 1.807) is 6.92 Å². The van der Waals surface area contributed by atoms with Gasteiger partial charge in [-0.25, -0.2) is 0 Å². The van der Waals surface area contributed by atoms with Crippen molar-refractivity contribution < 1.29 is 19.4 Å². The molecule has 0 aliphatic rings. The fraction of sp³-hybridized carbons (Fsp3) is 0.857. The average Bonchev–Trinajstić information content (AvgIpc) is 2.22. The van der Waals surface area contributed by atoms with Gasteiger partial charge in [0.15, 0.2) is 0 Å². The first kappa shape index (κ1) is 16.9. The maximum atomic E-state index is 12.1. The Morgan fingerprint density at radius 1 is 1.17 bits per heavy atom. The van der Waals surface area contributed by atoms with Gasteiger partial charge in [-0.15, -0.1) is 0 Å². The summed E-state index contributed by atoms with van der Waals surface area (Å²) in [6, 6.07) is 0. The monoisotopic (exact) mass is 258 g/mol. The molecule has 0 radical (unpaired) electrons. The standard InChI is InChI=1S/C14H26O4/c1-10(2)8-14(5,7-6-12(15)16)13(17)18-9-11(3)4/h10-11H,6-9H2,1-5H3,(H,15,16). The lowest BCUT2D eigenvalue weighted by molar-refractivity contribution is -0.158. The van der Waals surface area contributed by atoms with Crippen LogP contribution < -0.4 is 0 Å². The smallest absolute Gasteiger partial charge is 0.311 e. The van der Waals surface area contributed by atoms with Crippen molar-refractivity contribution in [2.75, 3.05) is 6.61 Å². The zero-order chi connectivity index (χ0) is 14.3. The summed E-state index contributed by atoms with van der Waals surface area (Å²) >= 11 is 0. The molecule has 0 aliphatic heterocycles. The minimum absolute atomic E-state index is 0.00000142. The first-order valence-electron chi connectivity index (χ1n) is 6.56. The van der Waals surface area contributed by atoms with Crippen LogP contribution in [0.25, 0.3) is 0 Å². The van der Waals surface area contributed by atoms with Gasteiger partial charge in [0.2, 0.25) is 0 Å². The van der Waals surface area contributed by atoms with Crippen molar-refractivity contribution in [2.24, 2.45) is 17.3 Å². The van der Waals surface area contributed by atoms with Crippen molar-refractivity contribution in [1.82, 2.24) is 0 Å². The average molecular weight is 258 g/mol. The molecule has 1 atom stereocenters. The van der Waals surface area contributed by atoms with Crippen LogP contribution in [-0.4, -0.2) is 23.7 Å². The molecule has 0 saturated heterocycles. The summed E-state index contributed by atoms with van der Waals surface area (Å²) in [5, 5.41) is 8.76. The van der Waals surface area contributed by atoms with Crippen LogP contribution in [0.5, 0.6) is 0 Å². The minimum atomic E-state index is -0.873. The Morgan fingerprint density at radius 2 is 1.72 bits per heavy atom. The SMILES string of the molecule is CC(C)COC(=O)C(C)(CCC(=O)O)CC(C)C. The van der Waals surface area contributed by atoms with Crippen LogP contribution in [0.4, 0.5) is 0 Å². The molecule has 0 spiro atoms. The Bertz CT molecular complexity index is 284. The quantitative estimate of drug-likeness (QED) is 0.679. The van der Waals surface area contributed by atoms with Crippen LogP contribution in [0.2, 0.25) is 0 Å². The van der Waals surface area contributed by atoms with E-state index in [0.717, 1.165) is 0 Å². The molecule has 1 unspecified atom stereocenters. The van der Waals surface area contributed by atoms with Gasteiger partial charge in [-0.05, 0) is 31.6 Å². The highest BCUT2D eigenvalue weighted by atomic mass is 16.5. The maximum Gasteiger partial charge on any atom is 0.311 e. The Kier molecular flexibility index (Phi) is 6.96. The van der Waals surface area contributed by atoms with Gasteiger partial charge in [-0.2, -0.15) is 0 Å². The molecule has 0 saturated carbocycles. The lowest BCUT2D eigenvalue weighted by Crippen LogP contribution is -2.33. The molecule has 0 aromatic carbocycles. The summed E-state index contributed by atoms with van der Waals surface area (Å²) in [5.41, 5.74) is -0.693. The van der Waals surface area contributed by atoms with E-state index in [4.69, 9.17) is 9.84 Å². The molecule has 0 bridgehead atoms. The second-order valence-electron chi connectivity index (χ2n) is 6.04. The number of esters is 1. The predicted octanol–water partition coefficient (Wildman–Crippen LogP) is 3.10. The van der Waals surface area contributed by atoms with Gasteiger partial charge in [0, 0.05) is 6.42 Å². The Hall–Kier alpha value is -1.06. The molecule has 0 aliphatic carbocycles. The number of carbonyl (C=O) groups is 2. The number of aliphatic carboxylic acids is 1. The number of ether oxygens (including phenoxy) is 1. The van der Waals surface area contributed by atoms with E-state index in [1.807, 2.05) is 27.7 Å². The molecule has 0 amide bonds.